The Morgan fingerprint density at radius 2 is 2.12 bits per heavy atom. The zero-order chi connectivity index (χ0) is 12.8. The zero-order valence-corrected chi connectivity index (χ0v) is 10.6. The summed E-state index contributed by atoms with van der Waals surface area (Å²) in [5, 5.41) is 11.6. The van der Waals surface area contributed by atoms with Crippen LogP contribution in [0.3, 0.4) is 0 Å². The van der Waals surface area contributed by atoms with E-state index >= 15 is 0 Å². The number of hydrogen-bond acceptors (Lipinski definition) is 3. The lowest BCUT2D eigenvalue weighted by molar-refractivity contribution is -0.115. The van der Waals surface area contributed by atoms with E-state index in [0.29, 0.717) is 12.1 Å². The molecule has 4 nitrogen and oxygen atoms in total. The fourth-order valence-corrected chi connectivity index (χ4v) is 1.73. The van der Waals surface area contributed by atoms with Gasteiger partial charge in [0.05, 0.1) is 5.56 Å². The van der Waals surface area contributed by atoms with Crippen LogP contribution in [0.5, 0.6) is 0 Å². The maximum atomic E-state index is 11.5. The third-order valence-corrected chi connectivity index (χ3v) is 2.89. The first-order valence-corrected chi connectivity index (χ1v) is 6.56. The molecular weight excluding hydrogens is 238 g/mol. The van der Waals surface area contributed by atoms with E-state index in [1.54, 1.807) is 30.8 Å². The number of benzene rings is 1. The lowest BCUT2D eigenvalue weighted by Gasteiger charge is -2.08. The number of amides is 1. The van der Waals surface area contributed by atoms with Gasteiger partial charge >= 0.3 is 5.97 Å². The standard InChI is InChI=1S/C12H15NO3S/c1-8-7-9(12(15)16)3-4-10(8)13-11(14)5-6-17-2/h3-4,7H,5-6H2,1-2H3,(H,13,14)(H,15,16). The first-order valence-electron chi connectivity index (χ1n) is 5.17. The minimum absolute atomic E-state index is 0.0504. The fraction of sp³-hybridized carbons (Fsp3) is 0.333. The minimum atomic E-state index is -0.964. The Labute approximate surface area is 104 Å². The van der Waals surface area contributed by atoms with E-state index in [2.05, 4.69) is 5.32 Å². The molecule has 0 atom stereocenters. The maximum Gasteiger partial charge on any atom is 0.335 e. The summed E-state index contributed by atoms with van der Waals surface area (Å²) in [6, 6.07) is 4.65. The van der Waals surface area contributed by atoms with Crippen molar-refractivity contribution in [1.29, 1.82) is 0 Å². The van der Waals surface area contributed by atoms with Gasteiger partial charge in [-0.05, 0) is 36.9 Å². The van der Waals surface area contributed by atoms with Gasteiger partial charge in [0.2, 0.25) is 5.91 Å². The highest BCUT2D eigenvalue weighted by atomic mass is 32.2. The minimum Gasteiger partial charge on any atom is -0.478 e. The maximum absolute atomic E-state index is 11.5. The highest BCUT2D eigenvalue weighted by Crippen LogP contribution is 2.17. The van der Waals surface area contributed by atoms with E-state index < -0.39 is 5.97 Å². The Balaban J connectivity index is 2.72. The van der Waals surface area contributed by atoms with Crippen molar-refractivity contribution in [3.63, 3.8) is 0 Å². The number of rotatable bonds is 5. The summed E-state index contributed by atoms with van der Waals surface area (Å²) in [7, 11) is 0. The van der Waals surface area contributed by atoms with Gasteiger partial charge in [0, 0.05) is 17.9 Å². The second kappa shape index (κ2) is 6.30. The van der Waals surface area contributed by atoms with Gasteiger partial charge < -0.3 is 10.4 Å². The molecule has 2 N–H and O–H groups in total. The van der Waals surface area contributed by atoms with E-state index in [4.69, 9.17) is 5.11 Å². The molecule has 0 aliphatic rings. The predicted octanol–water partition coefficient (Wildman–Crippen LogP) is 2.38. The molecule has 5 heteroatoms. The van der Waals surface area contributed by atoms with Crippen LogP contribution in [0.25, 0.3) is 0 Å². The smallest absolute Gasteiger partial charge is 0.335 e. The van der Waals surface area contributed by atoms with Crippen LogP contribution in [0.2, 0.25) is 0 Å². The van der Waals surface area contributed by atoms with Crippen LogP contribution in [-0.2, 0) is 4.79 Å². The van der Waals surface area contributed by atoms with E-state index in [1.165, 1.54) is 6.07 Å². The molecule has 0 heterocycles. The molecule has 1 aromatic rings. The molecule has 0 bridgehead atoms. The topological polar surface area (TPSA) is 66.4 Å². The number of carboxylic acid groups (broad SMARTS) is 1. The Kier molecular flexibility index (Phi) is 5.03. The van der Waals surface area contributed by atoms with Crippen LogP contribution in [-0.4, -0.2) is 29.0 Å². The largest absolute Gasteiger partial charge is 0.478 e. The first kappa shape index (κ1) is 13.6. The summed E-state index contributed by atoms with van der Waals surface area (Å²) in [6.45, 7) is 1.77. The predicted molar refractivity (Wildman–Crippen MR) is 69.8 cm³/mol. The van der Waals surface area contributed by atoms with Crippen molar-refractivity contribution in [3.8, 4) is 0 Å². The third kappa shape index (κ3) is 4.11. The van der Waals surface area contributed by atoms with Crippen molar-refractivity contribution >= 4 is 29.3 Å². The summed E-state index contributed by atoms with van der Waals surface area (Å²) in [5.74, 6) is -0.239. The molecule has 0 saturated carbocycles. The van der Waals surface area contributed by atoms with Gasteiger partial charge in [-0.15, -0.1) is 0 Å². The Bertz CT molecular complexity index is 432. The van der Waals surface area contributed by atoms with Crippen LogP contribution >= 0.6 is 11.8 Å². The van der Waals surface area contributed by atoms with Crippen LogP contribution in [0.4, 0.5) is 5.69 Å². The molecule has 0 fully saturated rings. The van der Waals surface area contributed by atoms with Crippen LogP contribution < -0.4 is 5.32 Å². The number of hydrogen-bond donors (Lipinski definition) is 2. The summed E-state index contributed by atoms with van der Waals surface area (Å²) >= 11 is 1.61. The highest BCUT2D eigenvalue weighted by Gasteiger charge is 2.07. The van der Waals surface area contributed by atoms with E-state index in [-0.39, 0.29) is 11.5 Å². The molecule has 1 rings (SSSR count). The number of carbonyl (C=O) groups excluding carboxylic acids is 1. The first-order chi connectivity index (χ1) is 8.04. The molecule has 1 amide bonds. The number of nitrogens with one attached hydrogen (secondary N) is 1. The van der Waals surface area contributed by atoms with Crippen molar-refractivity contribution in [1.82, 2.24) is 0 Å². The molecule has 0 unspecified atom stereocenters. The van der Waals surface area contributed by atoms with Gasteiger partial charge in [-0.1, -0.05) is 0 Å². The molecule has 0 radical (unpaired) electrons. The van der Waals surface area contributed by atoms with Crippen LogP contribution in [0.15, 0.2) is 18.2 Å². The van der Waals surface area contributed by atoms with Gasteiger partial charge in [-0.2, -0.15) is 11.8 Å². The van der Waals surface area contributed by atoms with E-state index in [9.17, 15) is 9.59 Å². The molecule has 0 aliphatic carbocycles. The van der Waals surface area contributed by atoms with E-state index in [0.717, 1.165) is 11.3 Å². The molecule has 0 aliphatic heterocycles. The quantitative estimate of drug-likeness (QED) is 0.845. The molecule has 0 spiro atoms. The van der Waals surface area contributed by atoms with Crippen LogP contribution in [0.1, 0.15) is 22.3 Å². The molecular formula is C12H15NO3S. The molecule has 1 aromatic carbocycles. The average molecular weight is 253 g/mol. The highest BCUT2D eigenvalue weighted by molar-refractivity contribution is 7.98. The Hall–Kier alpha value is -1.49. The Morgan fingerprint density at radius 1 is 1.41 bits per heavy atom. The van der Waals surface area contributed by atoms with Gasteiger partial charge in [-0.3, -0.25) is 4.79 Å². The fourth-order valence-electron chi connectivity index (χ4n) is 1.34. The van der Waals surface area contributed by atoms with Crippen molar-refractivity contribution in [3.05, 3.63) is 29.3 Å². The second-order valence-electron chi connectivity index (χ2n) is 3.63. The third-order valence-electron chi connectivity index (χ3n) is 2.28. The van der Waals surface area contributed by atoms with Gasteiger partial charge in [0.1, 0.15) is 0 Å². The monoisotopic (exact) mass is 253 g/mol. The number of carbonyl (C=O) groups is 2. The average Bonchev–Trinajstić information content (AvgIpc) is 2.28. The second-order valence-corrected chi connectivity index (χ2v) is 4.61. The summed E-state index contributed by atoms with van der Waals surface area (Å²) in [4.78, 5) is 22.2. The summed E-state index contributed by atoms with van der Waals surface area (Å²) < 4.78 is 0. The normalized spacial score (nSPS) is 10.0. The van der Waals surface area contributed by atoms with Gasteiger partial charge in [0.25, 0.3) is 0 Å². The van der Waals surface area contributed by atoms with Crippen molar-refractivity contribution < 1.29 is 14.7 Å². The number of thioether (sulfide) groups is 1. The summed E-state index contributed by atoms with van der Waals surface area (Å²) in [6.07, 6.45) is 2.40. The molecule has 0 aromatic heterocycles. The van der Waals surface area contributed by atoms with Crippen molar-refractivity contribution in [2.45, 2.75) is 13.3 Å². The lowest BCUT2D eigenvalue weighted by atomic mass is 10.1. The summed E-state index contributed by atoms with van der Waals surface area (Å²) in [5.41, 5.74) is 1.65. The van der Waals surface area contributed by atoms with Crippen molar-refractivity contribution in [2.75, 3.05) is 17.3 Å². The van der Waals surface area contributed by atoms with Gasteiger partial charge in [0.15, 0.2) is 0 Å². The van der Waals surface area contributed by atoms with E-state index in [1.807, 2.05) is 6.26 Å². The number of carboxylic acids is 1. The van der Waals surface area contributed by atoms with Crippen LogP contribution in [0, 0.1) is 6.92 Å². The Morgan fingerprint density at radius 3 is 2.65 bits per heavy atom. The molecule has 17 heavy (non-hydrogen) atoms. The van der Waals surface area contributed by atoms with Gasteiger partial charge in [-0.25, -0.2) is 4.79 Å². The SMILES string of the molecule is CSCCC(=O)Nc1ccc(C(=O)O)cc1C. The number of anilines is 1. The number of aryl methyl sites for hydroxylation is 1. The zero-order valence-electron chi connectivity index (χ0n) is 9.82. The molecule has 92 valence electrons. The lowest BCUT2D eigenvalue weighted by Crippen LogP contribution is -2.13. The van der Waals surface area contributed by atoms with Crippen molar-refractivity contribution in [2.24, 2.45) is 0 Å². The molecule has 0 saturated heterocycles. The number of aromatic carboxylic acids is 1.